The SMILES string of the molecule is C=C(C)CC(/C(=C/C)c1ccc(CCCc2cccc(NC)n2)cc1C)c1ccc2nsnc2c1. The number of hydrogen-bond acceptors (Lipinski definition) is 5. The topological polar surface area (TPSA) is 50.7 Å². The van der Waals surface area contributed by atoms with E-state index in [1.165, 1.54) is 45.1 Å². The second-order valence-corrected chi connectivity index (χ2v) is 9.77. The van der Waals surface area contributed by atoms with Crippen LogP contribution in [0.1, 0.15) is 60.6 Å². The molecule has 0 fully saturated rings. The van der Waals surface area contributed by atoms with E-state index in [1.807, 2.05) is 13.1 Å². The van der Waals surface area contributed by atoms with Crippen molar-refractivity contribution in [2.45, 2.75) is 52.4 Å². The lowest BCUT2D eigenvalue weighted by molar-refractivity contribution is 0.799. The number of aromatic nitrogens is 3. The molecule has 0 bridgehead atoms. The first-order valence-corrected chi connectivity index (χ1v) is 13.0. The van der Waals surface area contributed by atoms with Gasteiger partial charge in [0.05, 0.1) is 11.7 Å². The normalized spacial score (nSPS) is 12.6. The van der Waals surface area contributed by atoms with Crippen LogP contribution in [-0.4, -0.2) is 20.8 Å². The summed E-state index contributed by atoms with van der Waals surface area (Å²) in [6, 6.07) is 19.6. The van der Waals surface area contributed by atoms with Crippen molar-refractivity contribution in [3.05, 3.63) is 101 Å². The quantitative estimate of drug-likeness (QED) is 0.235. The van der Waals surface area contributed by atoms with E-state index in [9.17, 15) is 0 Å². The molecule has 1 N–H and O–H groups in total. The fourth-order valence-corrected chi connectivity index (χ4v) is 5.27. The average Bonchev–Trinajstić information content (AvgIpc) is 3.33. The Morgan fingerprint density at radius 2 is 1.89 bits per heavy atom. The minimum absolute atomic E-state index is 0.235. The maximum absolute atomic E-state index is 4.64. The van der Waals surface area contributed by atoms with Gasteiger partial charge in [-0.2, -0.15) is 8.75 Å². The van der Waals surface area contributed by atoms with Crippen LogP contribution in [0.3, 0.4) is 0 Å². The van der Waals surface area contributed by atoms with Crippen LogP contribution in [0.15, 0.2) is 72.8 Å². The lowest BCUT2D eigenvalue weighted by Gasteiger charge is -2.23. The van der Waals surface area contributed by atoms with Crippen molar-refractivity contribution < 1.29 is 0 Å². The van der Waals surface area contributed by atoms with Crippen LogP contribution in [0.5, 0.6) is 0 Å². The van der Waals surface area contributed by atoms with Crippen LogP contribution in [0.4, 0.5) is 5.82 Å². The van der Waals surface area contributed by atoms with Gasteiger partial charge in [-0.1, -0.05) is 42.0 Å². The Balaban J connectivity index is 1.53. The van der Waals surface area contributed by atoms with E-state index in [0.717, 1.165) is 48.2 Å². The van der Waals surface area contributed by atoms with Crippen molar-refractivity contribution >= 4 is 34.2 Å². The number of allylic oxidation sites excluding steroid dienone is 3. The Labute approximate surface area is 213 Å². The highest BCUT2D eigenvalue weighted by atomic mass is 32.1. The fraction of sp³-hybridized carbons (Fsp3) is 0.300. The first-order chi connectivity index (χ1) is 17.0. The van der Waals surface area contributed by atoms with Crippen LogP contribution < -0.4 is 5.32 Å². The van der Waals surface area contributed by atoms with E-state index in [4.69, 9.17) is 0 Å². The lowest BCUT2D eigenvalue weighted by Crippen LogP contribution is -2.05. The summed E-state index contributed by atoms with van der Waals surface area (Å²) in [6.07, 6.45) is 6.27. The van der Waals surface area contributed by atoms with Gasteiger partial charge in [-0.25, -0.2) is 4.98 Å². The fourth-order valence-electron chi connectivity index (χ4n) is 4.75. The molecule has 0 aliphatic rings. The molecule has 35 heavy (non-hydrogen) atoms. The molecule has 0 spiro atoms. The van der Waals surface area contributed by atoms with Gasteiger partial charge in [0.25, 0.3) is 0 Å². The highest BCUT2D eigenvalue weighted by Gasteiger charge is 2.20. The van der Waals surface area contributed by atoms with Gasteiger partial charge >= 0.3 is 0 Å². The largest absolute Gasteiger partial charge is 0.373 e. The molecular formula is C30H34N4S. The summed E-state index contributed by atoms with van der Waals surface area (Å²) < 4.78 is 8.84. The van der Waals surface area contributed by atoms with Crippen molar-refractivity contribution in [3.8, 4) is 0 Å². The third-order valence-electron chi connectivity index (χ3n) is 6.48. The summed E-state index contributed by atoms with van der Waals surface area (Å²) in [6.45, 7) is 10.7. The molecule has 4 rings (SSSR count). The van der Waals surface area contributed by atoms with Gasteiger partial charge in [0, 0.05) is 18.7 Å². The van der Waals surface area contributed by atoms with Crippen LogP contribution >= 0.6 is 11.7 Å². The third kappa shape index (κ3) is 6.04. The zero-order valence-corrected chi connectivity index (χ0v) is 22.0. The number of hydrogen-bond donors (Lipinski definition) is 1. The summed E-state index contributed by atoms with van der Waals surface area (Å²) >= 11 is 1.27. The molecule has 2 aromatic carbocycles. The second-order valence-electron chi connectivity index (χ2n) is 9.24. The molecule has 0 aliphatic heterocycles. The molecule has 4 aromatic rings. The van der Waals surface area contributed by atoms with Crippen molar-refractivity contribution in [2.24, 2.45) is 0 Å². The minimum Gasteiger partial charge on any atom is -0.373 e. The van der Waals surface area contributed by atoms with Crippen LogP contribution in [0.25, 0.3) is 16.6 Å². The van der Waals surface area contributed by atoms with E-state index in [0.29, 0.717) is 0 Å². The number of anilines is 1. The molecule has 0 saturated heterocycles. The Morgan fingerprint density at radius 3 is 2.63 bits per heavy atom. The van der Waals surface area contributed by atoms with Crippen molar-refractivity contribution in [1.29, 1.82) is 0 Å². The zero-order chi connectivity index (χ0) is 24.8. The molecule has 180 valence electrons. The second kappa shape index (κ2) is 11.4. The third-order valence-corrected chi connectivity index (χ3v) is 7.04. The predicted molar refractivity (Wildman–Crippen MR) is 150 cm³/mol. The van der Waals surface area contributed by atoms with Crippen molar-refractivity contribution in [2.75, 3.05) is 12.4 Å². The standard InChI is InChI=1S/C30H34N4S/c1-6-25(27(17-20(2)3)23-14-16-28-29(19-23)34-35-33-28)26-15-13-22(18-21(26)4)9-7-10-24-11-8-12-30(31-5)32-24/h6,8,11-16,18-19,27H,2,7,9-10,17H2,1,3-5H3,(H,31,32)/b25-6+. The first kappa shape index (κ1) is 24.8. The van der Waals surface area contributed by atoms with Crippen molar-refractivity contribution in [1.82, 2.24) is 13.7 Å². The van der Waals surface area contributed by atoms with Crippen LogP contribution in [0.2, 0.25) is 0 Å². The average molecular weight is 483 g/mol. The van der Waals surface area contributed by atoms with E-state index in [1.54, 1.807) is 0 Å². The van der Waals surface area contributed by atoms with Gasteiger partial charge in [0.15, 0.2) is 0 Å². The molecular weight excluding hydrogens is 448 g/mol. The van der Waals surface area contributed by atoms with E-state index in [2.05, 4.69) is 101 Å². The van der Waals surface area contributed by atoms with Gasteiger partial charge in [-0.05, 0) is 98.5 Å². The highest BCUT2D eigenvalue weighted by Crippen LogP contribution is 2.39. The molecule has 0 radical (unpaired) electrons. The van der Waals surface area contributed by atoms with Crippen molar-refractivity contribution in [3.63, 3.8) is 0 Å². The first-order valence-electron chi connectivity index (χ1n) is 12.2. The van der Waals surface area contributed by atoms with Gasteiger partial charge in [-0.3, -0.25) is 0 Å². The number of aryl methyl sites for hydroxylation is 3. The Hall–Kier alpha value is -3.31. The molecule has 1 unspecified atom stereocenters. The van der Waals surface area contributed by atoms with Gasteiger partial charge in [0.2, 0.25) is 0 Å². The van der Waals surface area contributed by atoms with Gasteiger partial charge in [-0.15, -0.1) is 6.58 Å². The molecule has 0 saturated carbocycles. The molecule has 0 amide bonds. The van der Waals surface area contributed by atoms with Crippen LogP contribution in [0, 0.1) is 6.92 Å². The molecule has 5 heteroatoms. The number of fused-ring (bicyclic) bond motifs is 1. The minimum atomic E-state index is 0.235. The zero-order valence-electron chi connectivity index (χ0n) is 21.1. The lowest BCUT2D eigenvalue weighted by atomic mass is 9.81. The number of benzene rings is 2. The maximum atomic E-state index is 4.64. The smallest absolute Gasteiger partial charge is 0.125 e. The number of rotatable bonds is 10. The summed E-state index contributed by atoms with van der Waals surface area (Å²) in [5.41, 5.74) is 10.8. The Morgan fingerprint density at radius 1 is 1.06 bits per heavy atom. The number of nitrogens with zero attached hydrogens (tertiary/aromatic N) is 3. The molecule has 4 nitrogen and oxygen atoms in total. The summed E-state index contributed by atoms with van der Waals surface area (Å²) in [5.74, 6) is 1.16. The Bertz CT molecular complexity index is 1350. The summed E-state index contributed by atoms with van der Waals surface area (Å²) in [5, 5.41) is 3.12. The molecule has 0 aliphatic carbocycles. The Kier molecular flexibility index (Phi) is 8.09. The van der Waals surface area contributed by atoms with E-state index < -0.39 is 0 Å². The number of nitrogens with one attached hydrogen (secondary N) is 1. The predicted octanol–water partition coefficient (Wildman–Crippen LogP) is 7.77. The molecule has 1 atom stereocenters. The highest BCUT2D eigenvalue weighted by molar-refractivity contribution is 7.00. The van der Waals surface area contributed by atoms with Gasteiger partial charge < -0.3 is 5.32 Å². The van der Waals surface area contributed by atoms with E-state index in [-0.39, 0.29) is 5.92 Å². The van der Waals surface area contributed by atoms with Gasteiger partial charge in [0.1, 0.15) is 16.9 Å². The maximum Gasteiger partial charge on any atom is 0.125 e. The molecule has 2 heterocycles. The monoisotopic (exact) mass is 482 g/mol. The van der Waals surface area contributed by atoms with E-state index >= 15 is 0 Å². The van der Waals surface area contributed by atoms with Crippen LogP contribution in [-0.2, 0) is 12.8 Å². The number of pyridine rings is 1. The molecule has 2 aromatic heterocycles. The summed E-state index contributed by atoms with van der Waals surface area (Å²) in [4.78, 5) is 4.64. The summed E-state index contributed by atoms with van der Waals surface area (Å²) in [7, 11) is 1.91.